The summed E-state index contributed by atoms with van der Waals surface area (Å²) >= 11 is 2.66. The molecule has 3 rings (SSSR count). The van der Waals surface area contributed by atoms with E-state index in [-0.39, 0.29) is 17.0 Å². The molecule has 1 atom stereocenters. The number of amides is 1. The third-order valence-electron chi connectivity index (χ3n) is 3.91. The van der Waals surface area contributed by atoms with Gasteiger partial charge in [-0.3, -0.25) is 9.48 Å². The number of rotatable bonds is 6. The molecular weight excluding hydrogens is 387 g/mol. The van der Waals surface area contributed by atoms with Crippen LogP contribution in [-0.2, 0) is 11.8 Å². The number of thioether (sulfide) groups is 1. The molecule has 2 heterocycles. The Labute approximate surface area is 164 Å². The molecule has 3 aromatic rings. The van der Waals surface area contributed by atoms with Crippen molar-refractivity contribution in [1.82, 2.24) is 20.0 Å². The smallest absolute Gasteiger partial charge is 0.237 e. The van der Waals surface area contributed by atoms with Gasteiger partial charge < -0.3 is 10.6 Å². The highest BCUT2D eigenvalue weighted by atomic mass is 32.2. The maximum absolute atomic E-state index is 13.0. The standard InChI is InChI=1S/C17H19FN6OS2/c1-9-14(10(2)24(4)23-9)20-15(25)11(3)26-17-22-21-16(27-17)19-13-7-5-12(18)6-8-13/h5-8,11H,1-4H3,(H,19,21)(H,20,25)/t11-/m1/s1. The van der Waals surface area contributed by atoms with Gasteiger partial charge in [-0.25, -0.2) is 4.39 Å². The summed E-state index contributed by atoms with van der Waals surface area (Å²) in [5.74, 6) is -0.421. The number of benzene rings is 1. The van der Waals surface area contributed by atoms with Crippen molar-refractivity contribution < 1.29 is 9.18 Å². The van der Waals surface area contributed by atoms with Crippen molar-refractivity contribution in [3.63, 3.8) is 0 Å². The van der Waals surface area contributed by atoms with Gasteiger partial charge in [0.2, 0.25) is 11.0 Å². The van der Waals surface area contributed by atoms with Crippen LogP contribution in [0.2, 0.25) is 0 Å². The van der Waals surface area contributed by atoms with Crippen LogP contribution in [0.1, 0.15) is 18.3 Å². The van der Waals surface area contributed by atoms with E-state index in [1.165, 1.54) is 35.2 Å². The highest BCUT2D eigenvalue weighted by Crippen LogP contribution is 2.31. The van der Waals surface area contributed by atoms with Crippen LogP contribution in [0.15, 0.2) is 28.6 Å². The molecule has 0 aliphatic rings. The normalized spacial score (nSPS) is 12.0. The zero-order valence-corrected chi connectivity index (χ0v) is 16.9. The molecular formula is C17H19FN6OS2. The summed E-state index contributed by atoms with van der Waals surface area (Å²) in [4.78, 5) is 12.5. The van der Waals surface area contributed by atoms with Gasteiger partial charge in [-0.2, -0.15) is 5.10 Å². The summed E-state index contributed by atoms with van der Waals surface area (Å²) in [6.07, 6.45) is 0. The van der Waals surface area contributed by atoms with E-state index >= 15 is 0 Å². The van der Waals surface area contributed by atoms with E-state index in [4.69, 9.17) is 0 Å². The molecule has 0 fully saturated rings. The van der Waals surface area contributed by atoms with Gasteiger partial charge >= 0.3 is 0 Å². The molecule has 2 N–H and O–H groups in total. The molecule has 2 aromatic heterocycles. The van der Waals surface area contributed by atoms with Crippen molar-refractivity contribution in [3.8, 4) is 0 Å². The number of carbonyl (C=O) groups is 1. The average molecular weight is 407 g/mol. The molecule has 0 spiro atoms. The van der Waals surface area contributed by atoms with Crippen LogP contribution in [0.3, 0.4) is 0 Å². The number of halogens is 1. The number of hydrogen-bond donors (Lipinski definition) is 2. The minimum atomic E-state index is -0.351. The lowest BCUT2D eigenvalue weighted by molar-refractivity contribution is -0.115. The molecule has 0 aliphatic carbocycles. The van der Waals surface area contributed by atoms with Gasteiger partial charge in [-0.15, -0.1) is 10.2 Å². The zero-order valence-electron chi connectivity index (χ0n) is 15.3. The van der Waals surface area contributed by atoms with E-state index in [1.54, 1.807) is 16.8 Å². The number of aryl methyl sites for hydroxylation is 2. The van der Waals surface area contributed by atoms with Crippen molar-refractivity contribution in [2.45, 2.75) is 30.4 Å². The molecule has 0 aliphatic heterocycles. The Balaban J connectivity index is 1.60. The third-order valence-corrected chi connectivity index (χ3v) is 5.93. The molecule has 0 bridgehead atoms. The van der Waals surface area contributed by atoms with Crippen molar-refractivity contribution >= 4 is 45.5 Å². The Hall–Kier alpha value is -2.46. The second-order valence-electron chi connectivity index (χ2n) is 5.92. The van der Waals surface area contributed by atoms with Crippen molar-refractivity contribution in [2.75, 3.05) is 10.6 Å². The van der Waals surface area contributed by atoms with Gasteiger partial charge in [0, 0.05) is 12.7 Å². The fourth-order valence-corrected chi connectivity index (χ4v) is 4.26. The predicted molar refractivity (Wildman–Crippen MR) is 106 cm³/mol. The van der Waals surface area contributed by atoms with Crippen LogP contribution in [0.4, 0.5) is 20.9 Å². The monoisotopic (exact) mass is 406 g/mol. The number of nitrogens with one attached hydrogen (secondary N) is 2. The predicted octanol–water partition coefficient (Wildman–Crippen LogP) is 3.89. The maximum Gasteiger partial charge on any atom is 0.237 e. The van der Waals surface area contributed by atoms with Crippen LogP contribution in [0.25, 0.3) is 0 Å². The fraction of sp³-hybridized carbons (Fsp3) is 0.294. The molecule has 10 heteroatoms. The van der Waals surface area contributed by atoms with Crippen LogP contribution in [-0.4, -0.2) is 31.1 Å². The van der Waals surface area contributed by atoms with Gasteiger partial charge in [-0.1, -0.05) is 23.1 Å². The minimum absolute atomic E-state index is 0.123. The molecule has 0 unspecified atom stereocenters. The topological polar surface area (TPSA) is 84.7 Å². The first kappa shape index (κ1) is 19.3. The van der Waals surface area contributed by atoms with E-state index < -0.39 is 0 Å². The van der Waals surface area contributed by atoms with Crippen LogP contribution in [0, 0.1) is 19.7 Å². The summed E-state index contributed by atoms with van der Waals surface area (Å²) in [5, 5.41) is 18.7. The Morgan fingerprint density at radius 3 is 2.59 bits per heavy atom. The number of hydrogen-bond acceptors (Lipinski definition) is 7. The highest BCUT2D eigenvalue weighted by molar-refractivity contribution is 8.02. The van der Waals surface area contributed by atoms with Crippen molar-refractivity contribution in [3.05, 3.63) is 41.5 Å². The second kappa shape index (κ2) is 8.05. The van der Waals surface area contributed by atoms with Crippen molar-refractivity contribution in [1.29, 1.82) is 0 Å². The summed E-state index contributed by atoms with van der Waals surface area (Å²) in [6.45, 7) is 5.58. The lowest BCUT2D eigenvalue weighted by atomic mass is 10.3. The second-order valence-corrected chi connectivity index (χ2v) is 8.49. The van der Waals surface area contributed by atoms with Crippen LogP contribution >= 0.6 is 23.1 Å². The Morgan fingerprint density at radius 1 is 1.26 bits per heavy atom. The van der Waals surface area contributed by atoms with E-state index in [1.807, 2.05) is 27.8 Å². The number of nitrogens with zero attached hydrogens (tertiary/aromatic N) is 4. The SMILES string of the molecule is Cc1nn(C)c(C)c1NC(=O)[C@@H](C)Sc1nnc(Nc2ccc(F)cc2)s1. The van der Waals surface area contributed by atoms with Gasteiger partial charge in [0.25, 0.3) is 0 Å². The first-order valence-corrected chi connectivity index (χ1v) is 9.87. The molecule has 0 radical (unpaired) electrons. The Kier molecular flexibility index (Phi) is 5.76. The van der Waals surface area contributed by atoms with E-state index in [0.29, 0.717) is 9.47 Å². The lowest BCUT2D eigenvalue weighted by Crippen LogP contribution is -2.23. The van der Waals surface area contributed by atoms with E-state index in [2.05, 4.69) is 25.9 Å². The van der Waals surface area contributed by atoms with Crippen LogP contribution < -0.4 is 10.6 Å². The summed E-state index contributed by atoms with van der Waals surface area (Å²) in [5.41, 5.74) is 3.14. The number of carbonyl (C=O) groups excluding carboxylic acids is 1. The fourth-order valence-electron chi connectivity index (χ4n) is 2.35. The Morgan fingerprint density at radius 2 is 1.96 bits per heavy atom. The van der Waals surface area contributed by atoms with Gasteiger partial charge in [0.15, 0.2) is 4.34 Å². The largest absolute Gasteiger partial charge is 0.330 e. The average Bonchev–Trinajstić information content (AvgIpc) is 3.16. The Bertz CT molecular complexity index is 953. The first-order chi connectivity index (χ1) is 12.8. The molecule has 0 saturated carbocycles. The number of anilines is 3. The van der Waals surface area contributed by atoms with Gasteiger partial charge in [0.1, 0.15) is 5.82 Å². The number of aromatic nitrogens is 4. The van der Waals surface area contributed by atoms with Crippen LogP contribution in [0.5, 0.6) is 0 Å². The molecule has 27 heavy (non-hydrogen) atoms. The van der Waals surface area contributed by atoms with Gasteiger partial charge in [0.05, 0.1) is 22.3 Å². The quantitative estimate of drug-likeness (QED) is 0.604. The van der Waals surface area contributed by atoms with Crippen molar-refractivity contribution in [2.24, 2.45) is 7.05 Å². The molecule has 1 aromatic carbocycles. The van der Waals surface area contributed by atoms with E-state index in [9.17, 15) is 9.18 Å². The molecule has 0 saturated heterocycles. The third kappa shape index (κ3) is 4.64. The molecule has 7 nitrogen and oxygen atoms in total. The summed E-state index contributed by atoms with van der Waals surface area (Å²) in [7, 11) is 1.84. The highest BCUT2D eigenvalue weighted by Gasteiger charge is 2.20. The molecule has 142 valence electrons. The van der Waals surface area contributed by atoms with E-state index in [0.717, 1.165) is 22.8 Å². The lowest BCUT2D eigenvalue weighted by Gasteiger charge is -2.10. The van der Waals surface area contributed by atoms with Gasteiger partial charge in [-0.05, 0) is 45.0 Å². The summed E-state index contributed by atoms with van der Waals surface area (Å²) in [6, 6.07) is 5.98. The first-order valence-electron chi connectivity index (χ1n) is 8.17. The molecule has 1 amide bonds. The minimum Gasteiger partial charge on any atom is -0.330 e. The summed E-state index contributed by atoms with van der Waals surface area (Å²) < 4.78 is 15.4. The maximum atomic E-state index is 13.0. The zero-order chi connectivity index (χ0) is 19.6.